The minimum absolute atomic E-state index is 0.00560. The molecular formula is C12H18N2O3S. The first-order valence-electron chi connectivity index (χ1n) is 5.72. The van der Waals surface area contributed by atoms with Gasteiger partial charge in [-0.15, -0.1) is 0 Å². The Bertz CT molecular complexity index is 567. The normalized spacial score (nSPS) is 21.6. The molecule has 0 heterocycles. The van der Waals surface area contributed by atoms with Crippen molar-refractivity contribution in [1.29, 1.82) is 0 Å². The fourth-order valence-electron chi connectivity index (χ4n) is 1.78. The first-order chi connectivity index (χ1) is 8.26. The van der Waals surface area contributed by atoms with E-state index >= 15 is 0 Å². The van der Waals surface area contributed by atoms with Gasteiger partial charge < -0.3 is 10.5 Å². The van der Waals surface area contributed by atoms with Gasteiger partial charge in [0, 0.05) is 12.1 Å². The van der Waals surface area contributed by atoms with E-state index in [2.05, 4.69) is 4.72 Å². The Kier molecular flexibility index (Phi) is 3.03. The summed E-state index contributed by atoms with van der Waals surface area (Å²) in [4.78, 5) is 0.177. The Morgan fingerprint density at radius 2 is 2.06 bits per heavy atom. The van der Waals surface area contributed by atoms with Gasteiger partial charge in [-0.05, 0) is 24.0 Å². The molecule has 6 heteroatoms. The van der Waals surface area contributed by atoms with Crippen LogP contribution in [0.3, 0.4) is 0 Å². The molecule has 2 rings (SSSR count). The highest BCUT2D eigenvalue weighted by molar-refractivity contribution is 7.89. The number of nitrogens with one attached hydrogen (secondary N) is 1. The molecule has 0 amide bonds. The summed E-state index contributed by atoms with van der Waals surface area (Å²) in [6, 6.07) is 4.46. The number of anilines is 1. The second-order valence-corrected chi connectivity index (χ2v) is 6.98. The maximum atomic E-state index is 12.1. The number of nitrogen functional groups attached to an aromatic ring is 1. The maximum Gasteiger partial charge on any atom is 0.240 e. The van der Waals surface area contributed by atoms with E-state index in [9.17, 15) is 8.42 Å². The van der Waals surface area contributed by atoms with E-state index in [1.807, 2.05) is 13.8 Å². The Labute approximate surface area is 107 Å². The van der Waals surface area contributed by atoms with Crippen molar-refractivity contribution in [2.45, 2.75) is 31.2 Å². The number of ether oxygens (including phenoxy) is 1. The van der Waals surface area contributed by atoms with Gasteiger partial charge in [-0.3, -0.25) is 0 Å². The van der Waals surface area contributed by atoms with Gasteiger partial charge in [-0.2, -0.15) is 0 Å². The van der Waals surface area contributed by atoms with Crippen LogP contribution in [0.1, 0.15) is 20.3 Å². The zero-order chi connectivity index (χ0) is 13.6. The quantitative estimate of drug-likeness (QED) is 0.809. The van der Waals surface area contributed by atoms with E-state index in [4.69, 9.17) is 10.5 Å². The number of benzene rings is 1. The van der Waals surface area contributed by atoms with E-state index in [0.717, 1.165) is 6.42 Å². The lowest BCUT2D eigenvalue weighted by Crippen LogP contribution is -2.28. The average molecular weight is 270 g/mol. The van der Waals surface area contributed by atoms with Crippen LogP contribution < -0.4 is 15.2 Å². The van der Waals surface area contributed by atoms with Gasteiger partial charge >= 0.3 is 0 Å². The van der Waals surface area contributed by atoms with Crippen LogP contribution >= 0.6 is 0 Å². The number of rotatable bonds is 4. The maximum absolute atomic E-state index is 12.1. The van der Waals surface area contributed by atoms with Crippen molar-refractivity contribution in [3.63, 3.8) is 0 Å². The topological polar surface area (TPSA) is 81.4 Å². The van der Waals surface area contributed by atoms with E-state index < -0.39 is 10.0 Å². The predicted molar refractivity (Wildman–Crippen MR) is 69.9 cm³/mol. The van der Waals surface area contributed by atoms with Crippen LogP contribution in [0.5, 0.6) is 5.75 Å². The largest absolute Gasteiger partial charge is 0.495 e. The molecule has 0 radical (unpaired) electrons. The van der Waals surface area contributed by atoms with E-state index in [1.165, 1.54) is 25.3 Å². The zero-order valence-corrected chi connectivity index (χ0v) is 11.5. The lowest BCUT2D eigenvalue weighted by Gasteiger charge is -2.10. The highest BCUT2D eigenvalue weighted by Gasteiger charge is 2.47. The summed E-state index contributed by atoms with van der Waals surface area (Å²) in [6.45, 7) is 4.06. The van der Waals surface area contributed by atoms with Gasteiger partial charge in [-0.25, -0.2) is 13.1 Å². The number of nitrogens with two attached hydrogens (primary N) is 1. The minimum atomic E-state index is -3.50. The summed E-state index contributed by atoms with van der Waals surface area (Å²) < 4.78 is 32.0. The standard InChI is InChI=1S/C12H18N2O3S/c1-12(2)7-11(12)14-18(15,16)8-4-5-9(13)10(6-8)17-3/h4-6,11,14H,7,13H2,1-3H3. The monoisotopic (exact) mass is 270 g/mol. The third kappa shape index (κ3) is 2.44. The van der Waals surface area contributed by atoms with Gasteiger partial charge in [0.1, 0.15) is 5.75 Å². The summed E-state index contributed by atoms with van der Waals surface area (Å²) in [5.41, 5.74) is 6.13. The molecule has 0 aliphatic heterocycles. The fraction of sp³-hybridized carbons (Fsp3) is 0.500. The van der Waals surface area contributed by atoms with Crippen LogP contribution in [0, 0.1) is 5.41 Å². The Morgan fingerprint density at radius 1 is 1.44 bits per heavy atom. The van der Waals surface area contributed by atoms with Crippen LogP contribution in [0.25, 0.3) is 0 Å². The molecule has 1 saturated carbocycles. The predicted octanol–water partition coefficient (Wildman–Crippen LogP) is 1.35. The zero-order valence-electron chi connectivity index (χ0n) is 10.7. The molecule has 0 spiro atoms. The molecule has 1 aromatic carbocycles. The van der Waals surface area contributed by atoms with Crippen molar-refractivity contribution in [2.75, 3.05) is 12.8 Å². The molecule has 3 N–H and O–H groups in total. The summed E-state index contributed by atoms with van der Waals surface area (Å²) >= 11 is 0. The average Bonchev–Trinajstić information content (AvgIpc) is 2.85. The summed E-state index contributed by atoms with van der Waals surface area (Å²) in [7, 11) is -2.05. The molecule has 1 aliphatic rings. The number of methoxy groups -OCH3 is 1. The van der Waals surface area contributed by atoms with Gasteiger partial charge in [0.15, 0.2) is 0 Å². The number of hydrogen-bond acceptors (Lipinski definition) is 4. The number of hydrogen-bond donors (Lipinski definition) is 2. The molecule has 0 saturated heterocycles. The molecule has 0 bridgehead atoms. The summed E-state index contributed by atoms with van der Waals surface area (Å²) in [5, 5.41) is 0. The van der Waals surface area contributed by atoms with Crippen LogP contribution in [0.15, 0.2) is 23.1 Å². The lowest BCUT2D eigenvalue weighted by atomic mass is 10.2. The van der Waals surface area contributed by atoms with Crippen molar-refractivity contribution in [2.24, 2.45) is 5.41 Å². The molecule has 1 aliphatic carbocycles. The van der Waals surface area contributed by atoms with Crippen LogP contribution in [-0.2, 0) is 10.0 Å². The Hall–Kier alpha value is -1.27. The fourth-order valence-corrected chi connectivity index (χ4v) is 3.20. The smallest absolute Gasteiger partial charge is 0.240 e. The summed E-state index contributed by atoms with van der Waals surface area (Å²) in [6.07, 6.45) is 0.859. The lowest BCUT2D eigenvalue weighted by molar-refractivity contribution is 0.415. The summed E-state index contributed by atoms with van der Waals surface area (Å²) in [5.74, 6) is 0.368. The van der Waals surface area contributed by atoms with Crippen LogP contribution in [0.4, 0.5) is 5.69 Å². The van der Waals surface area contributed by atoms with Crippen LogP contribution in [0.2, 0.25) is 0 Å². The van der Waals surface area contributed by atoms with Crippen molar-refractivity contribution >= 4 is 15.7 Å². The Morgan fingerprint density at radius 3 is 2.56 bits per heavy atom. The van der Waals surface area contributed by atoms with Gasteiger partial charge in [0.2, 0.25) is 10.0 Å². The molecule has 100 valence electrons. The second-order valence-electron chi connectivity index (χ2n) is 5.27. The van der Waals surface area contributed by atoms with Gasteiger partial charge in [0.05, 0.1) is 17.7 Å². The van der Waals surface area contributed by atoms with Crippen molar-refractivity contribution in [1.82, 2.24) is 4.72 Å². The van der Waals surface area contributed by atoms with E-state index in [0.29, 0.717) is 11.4 Å². The Balaban J connectivity index is 2.25. The first kappa shape index (κ1) is 13.2. The minimum Gasteiger partial charge on any atom is -0.495 e. The molecule has 1 aromatic rings. The first-order valence-corrected chi connectivity index (χ1v) is 7.20. The molecule has 0 aromatic heterocycles. The molecule has 5 nitrogen and oxygen atoms in total. The van der Waals surface area contributed by atoms with Crippen molar-refractivity contribution in [3.05, 3.63) is 18.2 Å². The SMILES string of the molecule is COc1cc(S(=O)(=O)NC2CC2(C)C)ccc1N. The molecule has 1 unspecified atom stereocenters. The van der Waals surface area contributed by atoms with Crippen LogP contribution in [-0.4, -0.2) is 21.6 Å². The van der Waals surface area contributed by atoms with E-state index in [-0.39, 0.29) is 16.4 Å². The third-order valence-corrected chi connectivity index (χ3v) is 4.80. The van der Waals surface area contributed by atoms with Gasteiger partial charge in [0.25, 0.3) is 0 Å². The van der Waals surface area contributed by atoms with Gasteiger partial charge in [-0.1, -0.05) is 13.8 Å². The highest BCUT2D eigenvalue weighted by Crippen LogP contribution is 2.45. The molecule has 1 fully saturated rings. The molecule has 18 heavy (non-hydrogen) atoms. The van der Waals surface area contributed by atoms with Crippen molar-refractivity contribution < 1.29 is 13.2 Å². The molecular weight excluding hydrogens is 252 g/mol. The second kappa shape index (κ2) is 4.13. The van der Waals surface area contributed by atoms with E-state index in [1.54, 1.807) is 0 Å². The highest BCUT2D eigenvalue weighted by atomic mass is 32.2. The third-order valence-electron chi connectivity index (χ3n) is 3.33. The molecule has 1 atom stereocenters. The van der Waals surface area contributed by atoms with Crippen molar-refractivity contribution in [3.8, 4) is 5.75 Å². The number of sulfonamides is 1.